The summed E-state index contributed by atoms with van der Waals surface area (Å²) in [5, 5.41) is 4.23. The van der Waals surface area contributed by atoms with Gasteiger partial charge < -0.3 is 4.74 Å². The van der Waals surface area contributed by atoms with Crippen molar-refractivity contribution >= 4 is 0 Å². The third kappa shape index (κ3) is 2.58. The Hall–Kier alpha value is -0.910. The molecule has 18 heavy (non-hydrogen) atoms. The Morgan fingerprint density at radius 2 is 2.06 bits per heavy atom. The number of nitrogens with one attached hydrogen (secondary N) is 1. The van der Waals surface area contributed by atoms with Gasteiger partial charge in [0.25, 0.3) is 0 Å². The van der Waals surface area contributed by atoms with Gasteiger partial charge in [-0.3, -0.25) is 10.5 Å². The molecule has 0 bridgehead atoms. The molecule has 1 unspecified atom stereocenters. The first-order valence-electron chi connectivity index (χ1n) is 6.72. The van der Waals surface area contributed by atoms with E-state index in [9.17, 15) is 0 Å². The lowest BCUT2D eigenvalue weighted by Crippen LogP contribution is -2.47. The number of hydrogen-bond acceptors (Lipinski definition) is 4. The van der Waals surface area contributed by atoms with Crippen LogP contribution in [0.4, 0.5) is 0 Å². The molecular formula is C13H24N4O. The molecule has 1 fully saturated rings. The summed E-state index contributed by atoms with van der Waals surface area (Å²) in [6.45, 7) is 0. The molecule has 0 aromatic carbocycles. The van der Waals surface area contributed by atoms with Crippen LogP contribution in [0, 0.1) is 0 Å². The number of methoxy groups -OCH3 is 1. The van der Waals surface area contributed by atoms with E-state index in [1.165, 1.54) is 25.7 Å². The summed E-state index contributed by atoms with van der Waals surface area (Å²) >= 11 is 0. The standard InChI is InChI=1S/C13H24N4O/c1-17-10-11(9-15-17)12(16-14)13(18-2)7-5-3-4-6-8-13/h9-10,12,16H,3-8,14H2,1-2H3. The summed E-state index contributed by atoms with van der Waals surface area (Å²) in [4.78, 5) is 0. The number of aryl methyl sites for hydroxylation is 1. The van der Waals surface area contributed by atoms with Crippen LogP contribution in [0.2, 0.25) is 0 Å². The highest BCUT2D eigenvalue weighted by Crippen LogP contribution is 2.39. The van der Waals surface area contributed by atoms with Crippen molar-refractivity contribution in [3.8, 4) is 0 Å². The Bertz CT molecular complexity index is 369. The Morgan fingerprint density at radius 3 is 2.50 bits per heavy atom. The van der Waals surface area contributed by atoms with Crippen LogP contribution in [0.25, 0.3) is 0 Å². The molecule has 102 valence electrons. The summed E-state index contributed by atoms with van der Waals surface area (Å²) in [6.07, 6.45) is 11.0. The van der Waals surface area contributed by atoms with Crippen LogP contribution >= 0.6 is 0 Å². The maximum Gasteiger partial charge on any atom is 0.0886 e. The average Bonchev–Trinajstić information content (AvgIpc) is 2.66. The van der Waals surface area contributed by atoms with Gasteiger partial charge in [0.1, 0.15) is 0 Å². The molecule has 1 atom stereocenters. The van der Waals surface area contributed by atoms with Crippen LogP contribution in [0.5, 0.6) is 0 Å². The van der Waals surface area contributed by atoms with Crippen molar-refractivity contribution in [2.24, 2.45) is 12.9 Å². The number of aromatic nitrogens is 2. The second-order valence-corrected chi connectivity index (χ2v) is 5.23. The molecular weight excluding hydrogens is 228 g/mol. The van der Waals surface area contributed by atoms with Crippen LogP contribution in [-0.2, 0) is 11.8 Å². The van der Waals surface area contributed by atoms with Gasteiger partial charge in [-0.15, -0.1) is 0 Å². The number of rotatable bonds is 4. The van der Waals surface area contributed by atoms with Gasteiger partial charge in [-0.25, -0.2) is 5.43 Å². The molecule has 0 spiro atoms. The first-order valence-corrected chi connectivity index (χ1v) is 6.72. The van der Waals surface area contributed by atoms with Crippen LogP contribution in [0.3, 0.4) is 0 Å². The van der Waals surface area contributed by atoms with E-state index < -0.39 is 0 Å². The smallest absolute Gasteiger partial charge is 0.0886 e. The molecule has 1 aromatic rings. The Morgan fingerprint density at radius 1 is 1.39 bits per heavy atom. The fourth-order valence-corrected chi connectivity index (χ4v) is 3.08. The van der Waals surface area contributed by atoms with Gasteiger partial charge in [0.15, 0.2) is 0 Å². The van der Waals surface area contributed by atoms with Gasteiger partial charge in [-0.1, -0.05) is 25.7 Å². The van der Waals surface area contributed by atoms with Gasteiger partial charge in [-0.05, 0) is 12.8 Å². The zero-order valence-corrected chi connectivity index (χ0v) is 11.4. The zero-order valence-electron chi connectivity index (χ0n) is 11.4. The third-order valence-electron chi connectivity index (χ3n) is 4.11. The van der Waals surface area contributed by atoms with E-state index in [-0.39, 0.29) is 11.6 Å². The van der Waals surface area contributed by atoms with Crippen LogP contribution < -0.4 is 11.3 Å². The first-order chi connectivity index (χ1) is 8.72. The minimum absolute atomic E-state index is 0.00861. The average molecular weight is 252 g/mol. The van der Waals surface area contributed by atoms with Crippen LogP contribution in [-0.4, -0.2) is 22.5 Å². The van der Waals surface area contributed by atoms with E-state index in [0.717, 1.165) is 18.4 Å². The van der Waals surface area contributed by atoms with E-state index in [0.29, 0.717) is 0 Å². The predicted octanol–water partition coefficient (Wildman–Crippen LogP) is 1.66. The number of nitrogens with two attached hydrogens (primary N) is 1. The maximum absolute atomic E-state index is 5.90. The largest absolute Gasteiger partial charge is 0.376 e. The SMILES string of the molecule is COC1(C(NN)c2cnn(C)c2)CCCCCC1. The molecule has 5 nitrogen and oxygen atoms in total. The molecule has 2 rings (SSSR count). The molecule has 0 saturated heterocycles. The number of hydrazine groups is 1. The van der Waals surface area contributed by atoms with Crippen molar-refractivity contribution in [3.63, 3.8) is 0 Å². The van der Waals surface area contributed by atoms with Crippen LogP contribution in [0.15, 0.2) is 12.4 Å². The zero-order chi connectivity index (χ0) is 13.0. The van der Waals surface area contributed by atoms with Crippen molar-refractivity contribution < 1.29 is 4.74 Å². The van der Waals surface area contributed by atoms with Crippen molar-refractivity contribution in [2.75, 3.05) is 7.11 Å². The first kappa shape index (κ1) is 13.5. The van der Waals surface area contributed by atoms with Crippen molar-refractivity contribution in [1.29, 1.82) is 0 Å². The lowest BCUT2D eigenvalue weighted by atomic mass is 9.83. The highest BCUT2D eigenvalue weighted by atomic mass is 16.5. The number of ether oxygens (including phenoxy) is 1. The van der Waals surface area contributed by atoms with E-state index in [1.54, 1.807) is 11.8 Å². The lowest BCUT2D eigenvalue weighted by molar-refractivity contribution is -0.0541. The summed E-state index contributed by atoms with van der Waals surface area (Å²) < 4.78 is 7.70. The Labute approximate surface area is 109 Å². The predicted molar refractivity (Wildman–Crippen MR) is 70.7 cm³/mol. The fourth-order valence-electron chi connectivity index (χ4n) is 3.08. The molecule has 0 aliphatic heterocycles. The monoisotopic (exact) mass is 252 g/mol. The Balaban J connectivity index is 2.27. The van der Waals surface area contributed by atoms with E-state index in [4.69, 9.17) is 10.6 Å². The molecule has 5 heteroatoms. The van der Waals surface area contributed by atoms with Gasteiger partial charge >= 0.3 is 0 Å². The molecule has 0 amide bonds. The molecule has 0 radical (unpaired) electrons. The minimum atomic E-state index is -0.200. The molecule has 1 aliphatic rings. The van der Waals surface area contributed by atoms with E-state index in [2.05, 4.69) is 10.5 Å². The minimum Gasteiger partial charge on any atom is -0.376 e. The van der Waals surface area contributed by atoms with Crippen LogP contribution in [0.1, 0.15) is 50.1 Å². The summed E-state index contributed by atoms with van der Waals surface area (Å²) in [6, 6.07) is 0.00861. The van der Waals surface area contributed by atoms with Crippen molar-refractivity contribution in [2.45, 2.75) is 50.2 Å². The third-order valence-corrected chi connectivity index (χ3v) is 4.11. The second kappa shape index (κ2) is 5.82. The van der Waals surface area contributed by atoms with E-state index >= 15 is 0 Å². The quantitative estimate of drug-likeness (QED) is 0.486. The highest BCUT2D eigenvalue weighted by Gasteiger charge is 2.40. The lowest BCUT2D eigenvalue weighted by Gasteiger charge is -2.38. The topological polar surface area (TPSA) is 65.1 Å². The summed E-state index contributed by atoms with van der Waals surface area (Å²) in [5.74, 6) is 5.79. The normalized spacial score (nSPS) is 21.5. The Kier molecular flexibility index (Phi) is 4.37. The number of nitrogens with zero attached hydrogens (tertiary/aromatic N) is 2. The number of hydrogen-bond donors (Lipinski definition) is 2. The van der Waals surface area contributed by atoms with Crippen molar-refractivity contribution in [3.05, 3.63) is 18.0 Å². The molecule has 1 aromatic heterocycles. The summed E-state index contributed by atoms with van der Waals surface area (Å²) in [5.41, 5.74) is 3.84. The molecule has 3 N–H and O–H groups in total. The van der Waals surface area contributed by atoms with Gasteiger partial charge in [0.2, 0.25) is 0 Å². The van der Waals surface area contributed by atoms with Gasteiger partial charge in [-0.2, -0.15) is 5.10 Å². The van der Waals surface area contributed by atoms with Gasteiger partial charge in [0.05, 0.1) is 17.8 Å². The van der Waals surface area contributed by atoms with E-state index in [1.807, 2.05) is 19.4 Å². The van der Waals surface area contributed by atoms with Crippen molar-refractivity contribution in [1.82, 2.24) is 15.2 Å². The molecule has 1 heterocycles. The highest BCUT2D eigenvalue weighted by molar-refractivity contribution is 5.16. The van der Waals surface area contributed by atoms with Gasteiger partial charge in [0, 0.05) is 25.9 Å². The molecule has 1 aliphatic carbocycles. The maximum atomic E-state index is 5.90. The second-order valence-electron chi connectivity index (χ2n) is 5.23. The fraction of sp³-hybridized carbons (Fsp3) is 0.769. The molecule has 1 saturated carbocycles. The summed E-state index contributed by atoms with van der Waals surface area (Å²) in [7, 11) is 3.72.